The third-order valence-corrected chi connectivity index (χ3v) is 8.86. The van der Waals surface area contributed by atoms with Gasteiger partial charge in [0, 0.05) is 12.7 Å². The summed E-state index contributed by atoms with van der Waals surface area (Å²) in [6, 6.07) is 30.4. The van der Waals surface area contributed by atoms with Crippen LogP contribution in [0.1, 0.15) is 11.9 Å². The predicted octanol–water partition coefficient (Wildman–Crippen LogP) is 3.33. The summed E-state index contributed by atoms with van der Waals surface area (Å²) in [5.41, 5.74) is 0.632. The molecule has 6 atom stereocenters. The van der Waals surface area contributed by atoms with E-state index in [4.69, 9.17) is 18.9 Å². The molecule has 0 radical (unpaired) electrons. The van der Waals surface area contributed by atoms with Crippen molar-refractivity contribution < 1.29 is 24.1 Å². The fourth-order valence-corrected chi connectivity index (χ4v) is 7.38. The second-order valence-corrected chi connectivity index (χ2v) is 10.3. The van der Waals surface area contributed by atoms with Crippen LogP contribution in [0.3, 0.4) is 0 Å². The second-order valence-electron chi connectivity index (χ2n) is 7.98. The van der Waals surface area contributed by atoms with Crippen LogP contribution in [-0.2, 0) is 18.9 Å². The number of hydrogen-bond acceptors (Lipinski definition) is 5. The third kappa shape index (κ3) is 4.25. The van der Waals surface area contributed by atoms with Gasteiger partial charge >= 0.3 is 0 Å². The van der Waals surface area contributed by atoms with Gasteiger partial charge < -0.3 is 24.1 Å². The molecule has 2 fully saturated rings. The summed E-state index contributed by atoms with van der Waals surface area (Å²) in [5, 5.41) is 14.0. The summed E-state index contributed by atoms with van der Waals surface area (Å²) in [7, 11) is 0.655. The molecule has 1 N–H and O–H groups in total. The molecule has 5 rings (SSSR count). The zero-order chi connectivity index (χ0) is 21.9. The van der Waals surface area contributed by atoms with Crippen LogP contribution in [0.5, 0.6) is 0 Å². The Hall–Kier alpha value is -2.11. The van der Waals surface area contributed by atoms with Crippen LogP contribution in [0.2, 0.25) is 0 Å². The van der Waals surface area contributed by atoms with Crippen molar-refractivity contribution in [1.29, 1.82) is 0 Å². The van der Waals surface area contributed by atoms with Crippen LogP contribution in [0.25, 0.3) is 0 Å². The number of rotatable bonds is 5. The third-order valence-electron chi connectivity index (χ3n) is 6.00. The first-order valence-corrected chi connectivity index (χ1v) is 12.2. The standard InChI is InChI=1S/C26H27O5P/c1-28-26-24(32(19-13-7-3-8-14-19)20-15-9-4-10-16-20)22(27)23-21(30-26)17-29-25(31-23)18-11-5-2-6-12-18/h2-16,21-27H,17H2,1H3/t21?,22-,23?,24+,25-,26+/m1/s1. The molecule has 2 aliphatic heterocycles. The first kappa shape index (κ1) is 21.7. The van der Waals surface area contributed by atoms with Gasteiger partial charge in [0.05, 0.1) is 18.4 Å². The lowest BCUT2D eigenvalue weighted by molar-refractivity contribution is -0.332. The highest BCUT2D eigenvalue weighted by Crippen LogP contribution is 2.48. The molecule has 0 aromatic heterocycles. The summed E-state index contributed by atoms with van der Waals surface area (Å²) in [6.45, 7) is 0.336. The van der Waals surface area contributed by atoms with Crippen LogP contribution in [-0.4, -0.2) is 49.1 Å². The Labute approximate surface area is 189 Å². The fraction of sp³-hybridized carbons (Fsp3) is 0.308. The quantitative estimate of drug-likeness (QED) is 0.605. The maximum Gasteiger partial charge on any atom is 0.184 e. The van der Waals surface area contributed by atoms with E-state index in [1.165, 1.54) is 0 Å². The number of fused-ring (bicyclic) bond motifs is 1. The number of hydrogen-bond donors (Lipinski definition) is 1. The average Bonchev–Trinajstić information content (AvgIpc) is 2.87. The van der Waals surface area contributed by atoms with Gasteiger partial charge in [-0.1, -0.05) is 91.0 Å². The highest BCUT2D eigenvalue weighted by atomic mass is 31.1. The van der Waals surface area contributed by atoms with Crippen molar-refractivity contribution in [2.75, 3.05) is 13.7 Å². The summed E-state index contributed by atoms with van der Waals surface area (Å²) in [6.07, 6.45) is -2.79. The monoisotopic (exact) mass is 450 g/mol. The van der Waals surface area contributed by atoms with Crippen molar-refractivity contribution >= 4 is 18.5 Å². The van der Waals surface area contributed by atoms with Gasteiger partial charge in [-0.25, -0.2) is 0 Å². The molecular weight excluding hydrogens is 423 g/mol. The molecule has 0 spiro atoms. The van der Waals surface area contributed by atoms with E-state index in [0.29, 0.717) is 6.61 Å². The highest BCUT2D eigenvalue weighted by Gasteiger charge is 2.52. The van der Waals surface area contributed by atoms with Crippen molar-refractivity contribution in [3.8, 4) is 0 Å². The zero-order valence-electron chi connectivity index (χ0n) is 17.9. The van der Waals surface area contributed by atoms with E-state index in [9.17, 15) is 5.11 Å². The maximum atomic E-state index is 11.7. The van der Waals surface area contributed by atoms with Crippen LogP contribution < -0.4 is 10.6 Å². The molecule has 6 heteroatoms. The summed E-state index contributed by atoms with van der Waals surface area (Å²) < 4.78 is 24.3. The second kappa shape index (κ2) is 9.80. The Morgan fingerprint density at radius 3 is 1.94 bits per heavy atom. The lowest BCUT2D eigenvalue weighted by atomic mass is 9.99. The molecule has 2 unspecified atom stereocenters. The molecular formula is C26H27O5P. The van der Waals surface area contributed by atoms with Gasteiger partial charge in [-0.3, -0.25) is 0 Å². The lowest BCUT2D eigenvalue weighted by Crippen LogP contribution is -2.62. The minimum absolute atomic E-state index is 0.296. The molecule has 3 aromatic rings. The molecule has 0 saturated carbocycles. The van der Waals surface area contributed by atoms with Gasteiger partial charge in [-0.05, 0) is 18.5 Å². The molecule has 0 bridgehead atoms. The first-order chi connectivity index (χ1) is 15.8. The van der Waals surface area contributed by atoms with E-state index in [0.717, 1.165) is 16.2 Å². The van der Waals surface area contributed by atoms with Gasteiger partial charge in [0.25, 0.3) is 0 Å². The van der Waals surface area contributed by atoms with E-state index in [2.05, 4.69) is 24.3 Å². The molecule has 2 heterocycles. The number of aliphatic hydroxyl groups is 1. The Bertz CT molecular complexity index is 947. The molecule has 0 amide bonds. The van der Waals surface area contributed by atoms with E-state index in [-0.39, 0.29) is 5.66 Å². The number of aliphatic hydroxyl groups excluding tert-OH is 1. The van der Waals surface area contributed by atoms with E-state index >= 15 is 0 Å². The van der Waals surface area contributed by atoms with Crippen LogP contribution in [0.4, 0.5) is 0 Å². The van der Waals surface area contributed by atoms with Crippen molar-refractivity contribution in [1.82, 2.24) is 0 Å². The number of ether oxygens (including phenoxy) is 4. The van der Waals surface area contributed by atoms with Crippen LogP contribution in [0, 0.1) is 0 Å². The SMILES string of the molecule is CO[C@H]1OC2CO[C@@H](c3ccccc3)OC2[C@@H](O)[C@@H]1P(c1ccccc1)c1ccccc1. The molecule has 32 heavy (non-hydrogen) atoms. The molecule has 3 aromatic carbocycles. The van der Waals surface area contributed by atoms with E-state index < -0.39 is 38.8 Å². The normalized spacial score (nSPS) is 30.1. The van der Waals surface area contributed by atoms with Gasteiger partial charge in [0.2, 0.25) is 0 Å². The van der Waals surface area contributed by atoms with E-state index in [1.807, 2.05) is 66.7 Å². The number of methoxy groups -OCH3 is 1. The predicted molar refractivity (Wildman–Crippen MR) is 125 cm³/mol. The van der Waals surface area contributed by atoms with Crippen LogP contribution >= 0.6 is 7.92 Å². The Morgan fingerprint density at radius 1 is 0.812 bits per heavy atom. The minimum Gasteiger partial charge on any atom is -0.389 e. The van der Waals surface area contributed by atoms with Gasteiger partial charge in [0.15, 0.2) is 12.6 Å². The minimum atomic E-state index is -0.975. The Balaban J connectivity index is 1.50. The van der Waals surface area contributed by atoms with Gasteiger partial charge in [-0.2, -0.15) is 0 Å². The van der Waals surface area contributed by atoms with Crippen molar-refractivity contribution in [2.24, 2.45) is 0 Å². The molecule has 2 aliphatic rings. The first-order valence-electron chi connectivity index (χ1n) is 10.8. The lowest BCUT2D eigenvalue weighted by Gasteiger charge is -2.49. The van der Waals surface area contributed by atoms with E-state index in [1.54, 1.807) is 7.11 Å². The zero-order valence-corrected chi connectivity index (χ0v) is 18.8. The maximum absolute atomic E-state index is 11.7. The Kier molecular flexibility index (Phi) is 6.65. The summed E-state index contributed by atoms with van der Waals surface area (Å²) in [4.78, 5) is 0. The van der Waals surface area contributed by atoms with Gasteiger partial charge in [0.1, 0.15) is 12.2 Å². The van der Waals surface area contributed by atoms with Gasteiger partial charge in [-0.15, -0.1) is 0 Å². The summed E-state index contributed by atoms with van der Waals surface area (Å²) in [5.74, 6) is 0. The molecule has 0 aliphatic carbocycles. The molecule has 5 nitrogen and oxygen atoms in total. The van der Waals surface area contributed by atoms with Crippen LogP contribution in [0.15, 0.2) is 91.0 Å². The summed E-state index contributed by atoms with van der Waals surface area (Å²) >= 11 is 0. The van der Waals surface area contributed by atoms with Crippen molar-refractivity contribution in [2.45, 2.75) is 36.6 Å². The van der Waals surface area contributed by atoms with Crippen molar-refractivity contribution in [3.05, 3.63) is 96.6 Å². The topological polar surface area (TPSA) is 57.2 Å². The Morgan fingerprint density at radius 2 is 1.38 bits per heavy atom. The number of benzene rings is 3. The van der Waals surface area contributed by atoms with Crippen molar-refractivity contribution in [3.63, 3.8) is 0 Å². The largest absolute Gasteiger partial charge is 0.389 e. The fourth-order valence-electron chi connectivity index (χ4n) is 4.50. The molecule has 2 saturated heterocycles. The smallest absolute Gasteiger partial charge is 0.184 e. The molecule has 166 valence electrons. The average molecular weight is 450 g/mol. The highest BCUT2D eigenvalue weighted by molar-refractivity contribution is 7.73.